The van der Waals surface area contributed by atoms with Crippen LogP contribution in [0, 0.1) is 0 Å². The summed E-state index contributed by atoms with van der Waals surface area (Å²) in [5.74, 6) is 0.550. The quantitative estimate of drug-likeness (QED) is 0.807. The molecule has 4 heteroatoms. The summed E-state index contributed by atoms with van der Waals surface area (Å²) in [5.41, 5.74) is 3.60. The zero-order chi connectivity index (χ0) is 12.7. The van der Waals surface area contributed by atoms with E-state index in [1.54, 1.807) is 6.92 Å². The Balaban J connectivity index is 1.88. The summed E-state index contributed by atoms with van der Waals surface area (Å²) in [5, 5.41) is 0. The molecule has 1 saturated heterocycles. The molecule has 0 unspecified atom stereocenters. The second-order valence-corrected chi connectivity index (χ2v) is 4.93. The average molecular weight is 243 g/mol. The summed E-state index contributed by atoms with van der Waals surface area (Å²) in [6.07, 6.45) is 5.04. The van der Waals surface area contributed by atoms with E-state index < -0.39 is 0 Å². The lowest BCUT2D eigenvalue weighted by Gasteiger charge is -2.37. The van der Waals surface area contributed by atoms with Crippen LogP contribution in [0.1, 0.15) is 31.0 Å². The number of aromatic nitrogens is 2. The maximum atomic E-state index is 11.2. The number of nitrogens with zero attached hydrogens (tertiary/aromatic N) is 3. The third-order valence-corrected chi connectivity index (χ3v) is 3.74. The minimum Gasteiger partial charge on any atom is -0.341 e. The lowest BCUT2D eigenvalue weighted by atomic mass is 9.95. The van der Waals surface area contributed by atoms with Crippen LogP contribution in [0.5, 0.6) is 0 Å². The summed E-state index contributed by atoms with van der Waals surface area (Å²) in [6.45, 7) is 5.37. The van der Waals surface area contributed by atoms with Gasteiger partial charge in [0.15, 0.2) is 0 Å². The number of carbonyl (C=O) groups excluding carboxylic acids is 1. The van der Waals surface area contributed by atoms with Crippen LogP contribution in [0.15, 0.2) is 24.7 Å². The van der Waals surface area contributed by atoms with E-state index in [2.05, 4.69) is 34.6 Å². The topological polar surface area (TPSA) is 37.6 Å². The van der Waals surface area contributed by atoms with Gasteiger partial charge in [-0.15, -0.1) is 0 Å². The first kappa shape index (κ1) is 11.3. The molecule has 94 valence electrons. The minimum atomic E-state index is 0.156. The zero-order valence-electron chi connectivity index (χ0n) is 10.8. The first-order valence-corrected chi connectivity index (χ1v) is 6.40. The molecule has 0 bridgehead atoms. The fraction of sp³-hybridized carbons (Fsp3) is 0.429. The second kappa shape index (κ2) is 4.12. The van der Waals surface area contributed by atoms with E-state index in [-0.39, 0.29) is 5.91 Å². The van der Waals surface area contributed by atoms with Crippen molar-refractivity contribution in [2.75, 3.05) is 13.1 Å². The summed E-state index contributed by atoms with van der Waals surface area (Å²) in [4.78, 5) is 17.6. The van der Waals surface area contributed by atoms with Gasteiger partial charge in [-0.3, -0.25) is 4.79 Å². The number of rotatable bonds is 2. The molecular formula is C14H17N3O. The number of likely N-dealkylation sites (tertiary alicyclic amines) is 1. The summed E-state index contributed by atoms with van der Waals surface area (Å²) in [7, 11) is 0. The first-order chi connectivity index (χ1) is 8.69. The molecule has 4 nitrogen and oxygen atoms in total. The lowest BCUT2D eigenvalue weighted by molar-refractivity contribution is -0.133. The normalized spacial score (nSPS) is 16.0. The number of carbonyl (C=O) groups is 1. The van der Waals surface area contributed by atoms with E-state index in [0.717, 1.165) is 25.2 Å². The molecule has 1 amide bonds. The largest absolute Gasteiger partial charge is 0.341 e. The molecule has 2 aromatic rings. The Kier molecular flexibility index (Phi) is 2.58. The van der Waals surface area contributed by atoms with Crippen LogP contribution < -0.4 is 0 Å². The van der Waals surface area contributed by atoms with Gasteiger partial charge in [-0.1, -0.05) is 13.0 Å². The number of aryl methyl sites for hydroxylation is 1. The van der Waals surface area contributed by atoms with Crippen LogP contribution in [0.2, 0.25) is 0 Å². The van der Waals surface area contributed by atoms with Gasteiger partial charge in [0.25, 0.3) is 0 Å². The van der Waals surface area contributed by atoms with Crippen LogP contribution >= 0.6 is 0 Å². The molecule has 1 aliphatic rings. The Morgan fingerprint density at radius 2 is 2.22 bits per heavy atom. The van der Waals surface area contributed by atoms with Crippen LogP contribution in [-0.4, -0.2) is 33.3 Å². The molecule has 0 radical (unpaired) electrons. The van der Waals surface area contributed by atoms with E-state index >= 15 is 0 Å². The molecule has 0 aromatic carbocycles. The Morgan fingerprint density at radius 3 is 2.89 bits per heavy atom. The molecule has 1 fully saturated rings. The molecule has 18 heavy (non-hydrogen) atoms. The molecule has 0 N–H and O–H groups in total. The molecular weight excluding hydrogens is 226 g/mol. The van der Waals surface area contributed by atoms with Gasteiger partial charge in [0.05, 0.1) is 17.5 Å². The first-order valence-electron chi connectivity index (χ1n) is 6.40. The maximum absolute atomic E-state index is 11.2. The molecule has 0 aliphatic carbocycles. The molecule has 1 aliphatic heterocycles. The predicted molar refractivity (Wildman–Crippen MR) is 69.6 cm³/mol. The van der Waals surface area contributed by atoms with E-state index in [0.29, 0.717) is 5.92 Å². The summed E-state index contributed by atoms with van der Waals surface area (Å²) < 4.78 is 2.09. The van der Waals surface area contributed by atoms with E-state index in [1.165, 1.54) is 11.1 Å². The van der Waals surface area contributed by atoms with Crippen molar-refractivity contribution >= 4 is 11.4 Å². The highest BCUT2D eigenvalue weighted by atomic mass is 16.2. The third-order valence-electron chi connectivity index (χ3n) is 3.74. The van der Waals surface area contributed by atoms with Crippen LogP contribution in [0.25, 0.3) is 5.52 Å². The van der Waals surface area contributed by atoms with Crippen molar-refractivity contribution in [3.8, 4) is 0 Å². The van der Waals surface area contributed by atoms with Crippen LogP contribution in [0.4, 0.5) is 0 Å². The summed E-state index contributed by atoms with van der Waals surface area (Å²) >= 11 is 0. The van der Waals surface area contributed by atoms with Crippen molar-refractivity contribution in [2.45, 2.75) is 26.2 Å². The monoisotopic (exact) mass is 243 g/mol. The van der Waals surface area contributed by atoms with Gasteiger partial charge in [0.1, 0.15) is 0 Å². The highest BCUT2D eigenvalue weighted by molar-refractivity contribution is 5.74. The number of hydrogen-bond donors (Lipinski definition) is 0. The Hall–Kier alpha value is -1.84. The highest BCUT2D eigenvalue weighted by Crippen LogP contribution is 2.29. The minimum absolute atomic E-state index is 0.156. The standard InChI is InChI=1S/C14H17N3O/c1-3-11-4-5-13-14(15-9-17(13)6-11)12-7-16(8-12)10(2)18/h4-6,9,12H,3,7-8H2,1-2H3. The van der Waals surface area contributed by atoms with E-state index in [1.807, 2.05) is 11.2 Å². The van der Waals surface area contributed by atoms with Gasteiger partial charge in [0, 0.05) is 32.1 Å². The fourth-order valence-electron chi connectivity index (χ4n) is 2.50. The molecule has 0 atom stereocenters. The van der Waals surface area contributed by atoms with Gasteiger partial charge < -0.3 is 9.30 Å². The number of amides is 1. The van der Waals surface area contributed by atoms with Gasteiger partial charge in [-0.2, -0.15) is 0 Å². The van der Waals surface area contributed by atoms with Gasteiger partial charge >= 0.3 is 0 Å². The van der Waals surface area contributed by atoms with Crippen molar-refractivity contribution in [2.24, 2.45) is 0 Å². The van der Waals surface area contributed by atoms with Crippen LogP contribution in [0.3, 0.4) is 0 Å². The van der Waals surface area contributed by atoms with Crippen molar-refractivity contribution in [3.63, 3.8) is 0 Å². The van der Waals surface area contributed by atoms with E-state index in [9.17, 15) is 4.79 Å². The number of fused-ring (bicyclic) bond motifs is 1. The Labute approximate surface area is 106 Å². The predicted octanol–water partition coefficient (Wildman–Crippen LogP) is 1.84. The zero-order valence-corrected chi connectivity index (χ0v) is 10.8. The van der Waals surface area contributed by atoms with Crippen molar-refractivity contribution < 1.29 is 4.79 Å². The van der Waals surface area contributed by atoms with E-state index in [4.69, 9.17) is 0 Å². The second-order valence-electron chi connectivity index (χ2n) is 4.93. The van der Waals surface area contributed by atoms with Gasteiger partial charge in [0.2, 0.25) is 5.91 Å². The van der Waals surface area contributed by atoms with Crippen molar-refractivity contribution in [1.29, 1.82) is 0 Å². The van der Waals surface area contributed by atoms with Crippen molar-refractivity contribution in [1.82, 2.24) is 14.3 Å². The molecule has 0 spiro atoms. The van der Waals surface area contributed by atoms with Crippen LogP contribution in [-0.2, 0) is 11.2 Å². The SMILES string of the molecule is CCc1ccc2c(C3CN(C(C)=O)C3)ncn2c1. The molecule has 3 heterocycles. The maximum Gasteiger partial charge on any atom is 0.219 e. The highest BCUT2D eigenvalue weighted by Gasteiger charge is 2.32. The smallest absolute Gasteiger partial charge is 0.219 e. The Morgan fingerprint density at radius 1 is 1.44 bits per heavy atom. The Bertz CT molecular complexity index is 596. The van der Waals surface area contributed by atoms with Gasteiger partial charge in [-0.25, -0.2) is 4.98 Å². The summed E-state index contributed by atoms with van der Waals surface area (Å²) in [6, 6.07) is 4.29. The molecule has 2 aromatic heterocycles. The number of hydrogen-bond acceptors (Lipinski definition) is 2. The number of imidazole rings is 1. The molecule has 3 rings (SSSR count). The van der Waals surface area contributed by atoms with Crippen molar-refractivity contribution in [3.05, 3.63) is 35.9 Å². The number of pyridine rings is 1. The molecule has 0 saturated carbocycles. The third kappa shape index (κ3) is 1.68. The fourth-order valence-corrected chi connectivity index (χ4v) is 2.50. The lowest BCUT2D eigenvalue weighted by Crippen LogP contribution is -2.47. The average Bonchev–Trinajstić information content (AvgIpc) is 2.70. The van der Waals surface area contributed by atoms with Gasteiger partial charge in [-0.05, 0) is 18.1 Å².